The standard InChI is InChI=1S/C11H12BrN3O/c1-7(16)13-5-8-3-10(12)4-9-6-15(2)14-11(8)9/h3-4,6H,5H2,1-2H3,(H,13,16). The van der Waals surface area contributed by atoms with E-state index in [-0.39, 0.29) is 5.91 Å². The summed E-state index contributed by atoms with van der Waals surface area (Å²) < 4.78 is 2.77. The number of nitrogens with one attached hydrogen (secondary N) is 1. The largest absolute Gasteiger partial charge is 0.352 e. The molecule has 0 saturated carbocycles. The van der Waals surface area contributed by atoms with Gasteiger partial charge in [0, 0.05) is 42.1 Å². The van der Waals surface area contributed by atoms with Crippen molar-refractivity contribution in [2.24, 2.45) is 7.05 Å². The first-order chi connectivity index (χ1) is 7.56. The normalized spacial score (nSPS) is 10.7. The van der Waals surface area contributed by atoms with Crippen molar-refractivity contribution in [2.45, 2.75) is 13.5 Å². The Balaban J connectivity index is 2.45. The molecule has 1 aromatic carbocycles. The predicted octanol–water partition coefficient (Wildman–Crippen LogP) is 1.97. The highest BCUT2D eigenvalue weighted by Crippen LogP contribution is 2.23. The minimum Gasteiger partial charge on any atom is -0.352 e. The number of hydrogen-bond donors (Lipinski definition) is 1. The Kier molecular flexibility index (Phi) is 2.96. The second-order valence-corrected chi connectivity index (χ2v) is 4.63. The zero-order chi connectivity index (χ0) is 11.7. The quantitative estimate of drug-likeness (QED) is 0.915. The Labute approximate surface area is 102 Å². The van der Waals surface area contributed by atoms with E-state index in [1.54, 1.807) is 4.68 Å². The average molecular weight is 282 g/mol. The maximum atomic E-state index is 10.9. The van der Waals surface area contributed by atoms with E-state index in [4.69, 9.17) is 0 Å². The molecule has 1 heterocycles. The van der Waals surface area contributed by atoms with E-state index in [1.165, 1.54) is 6.92 Å². The summed E-state index contributed by atoms with van der Waals surface area (Å²) in [6.07, 6.45) is 1.96. The zero-order valence-electron chi connectivity index (χ0n) is 9.12. The molecule has 0 saturated heterocycles. The van der Waals surface area contributed by atoms with Crippen LogP contribution in [0.2, 0.25) is 0 Å². The van der Waals surface area contributed by atoms with Crippen LogP contribution >= 0.6 is 15.9 Å². The van der Waals surface area contributed by atoms with Crippen LogP contribution in [0.1, 0.15) is 12.5 Å². The van der Waals surface area contributed by atoms with Crippen molar-refractivity contribution in [3.8, 4) is 0 Å². The van der Waals surface area contributed by atoms with Crippen LogP contribution in [0.5, 0.6) is 0 Å². The molecule has 1 aromatic heterocycles. The molecule has 1 amide bonds. The van der Waals surface area contributed by atoms with Crippen molar-refractivity contribution >= 4 is 32.7 Å². The maximum absolute atomic E-state index is 10.9. The lowest BCUT2D eigenvalue weighted by atomic mass is 10.1. The van der Waals surface area contributed by atoms with E-state index >= 15 is 0 Å². The molecule has 5 heteroatoms. The summed E-state index contributed by atoms with van der Waals surface area (Å²) >= 11 is 3.45. The number of aromatic nitrogens is 2. The van der Waals surface area contributed by atoms with Crippen LogP contribution in [-0.4, -0.2) is 15.7 Å². The molecule has 0 fully saturated rings. The monoisotopic (exact) mass is 281 g/mol. The molecular formula is C11H12BrN3O. The SMILES string of the molecule is CC(=O)NCc1cc(Br)cc2cn(C)nc12. The highest BCUT2D eigenvalue weighted by molar-refractivity contribution is 9.10. The smallest absolute Gasteiger partial charge is 0.217 e. The number of rotatable bonds is 2. The average Bonchev–Trinajstić information content (AvgIpc) is 2.54. The van der Waals surface area contributed by atoms with Crippen LogP contribution in [0.3, 0.4) is 0 Å². The number of halogens is 1. The molecule has 0 bridgehead atoms. The molecule has 84 valence electrons. The summed E-state index contributed by atoms with van der Waals surface area (Å²) in [7, 11) is 1.89. The third-order valence-corrected chi connectivity index (χ3v) is 2.75. The number of benzene rings is 1. The van der Waals surface area contributed by atoms with Gasteiger partial charge in [-0.1, -0.05) is 15.9 Å². The number of aryl methyl sites for hydroxylation is 1. The van der Waals surface area contributed by atoms with Gasteiger partial charge in [-0.25, -0.2) is 0 Å². The fourth-order valence-corrected chi connectivity index (χ4v) is 2.16. The molecule has 0 radical (unpaired) electrons. The molecule has 0 atom stereocenters. The Morgan fingerprint density at radius 2 is 2.31 bits per heavy atom. The Morgan fingerprint density at radius 1 is 1.56 bits per heavy atom. The number of carbonyl (C=O) groups excluding carboxylic acids is 1. The van der Waals surface area contributed by atoms with Gasteiger partial charge in [0.1, 0.15) is 0 Å². The van der Waals surface area contributed by atoms with Crippen molar-refractivity contribution in [1.29, 1.82) is 0 Å². The lowest BCUT2D eigenvalue weighted by Gasteiger charge is -2.04. The molecule has 0 aliphatic heterocycles. The molecule has 16 heavy (non-hydrogen) atoms. The minimum atomic E-state index is -0.0379. The van der Waals surface area contributed by atoms with E-state index in [0.29, 0.717) is 6.54 Å². The van der Waals surface area contributed by atoms with Gasteiger partial charge < -0.3 is 5.32 Å². The van der Waals surface area contributed by atoms with E-state index in [0.717, 1.165) is 20.9 Å². The molecule has 1 N–H and O–H groups in total. The van der Waals surface area contributed by atoms with Crippen LogP contribution in [0, 0.1) is 0 Å². The van der Waals surface area contributed by atoms with Gasteiger partial charge in [0.05, 0.1) is 5.52 Å². The van der Waals surface area contributed by atoms with Gasteiger partial charge in [-0.2, -0.15) is 5.10 Å². The van der Waals surface area contributed by atoms with Gasteiger partial charge in [-0.15, -0.1) is 0 Å². The highest BCUT2D eigenvalue weighted by atomic mass is 79.9. The predicted molar refractivity (Wildman–Crippen MR) is 65.9 cm³/mol. The van der Waals surface area contributed by atoms with Gasteiger partial charge in [-0.3, -0.25) is 9.48 Å². The van der Waals surface area contributed by atoms with Crippen molar-refractivity contribution in [2.75, 3.05) is 0 Å². The third-order valence-electron chi connectivity index (χ3n) is 2.29. The molecule has 0 unspecified atom stereocenters. The molecule has 2 rings (SSSR count). The lowest BCUT2D eigenvalue weighted by Crippen LogP contribution is -2.19. The first kappa shape index (κ1) is 11.1. The minimum absolute atomic E-state index is 0.0379. The first-order valence-corrected chi connectivity index (χ1v) is 5.72. The number of hydrogen-bond acceptors (Lipinski definition) is 2. The number of fused-ring (bicyclic) bond motifs is 1. The van der Waals surface area contributed by atoms with Crippen molar-refractivity contribution < 1.29 is 4.79 Å². The summed E-state index contributed by atoms with van der Waals surface area (Å²) in [6, 6.07) is 3.99. The topological polar surface area (TPSA) is 46.9 Å². The van der Waals surface area contributed by atoms with Gasteiger partial charge in [0.2, 0.25) is 5.91 Å². The zero-order valence-corrected chi connectivity index (χ0v) is 10.7. The summed E-state index contributed by atoms with van der Waals surface area (Å²) in [5.41, 5.74) is 1.94. The molecule has 0 spiro atoms. The van der Waals surface area contributed by atoms with Crippen LogP contribution in [-0.2, 0) is 18.4 Å². The summed E-state index contributed by atoms with van der Waals surface area (Å²) in [6.45, 7) is 2.01. The second kappa shape index (κ2) is 4.25. The molecule has 0 aliphatic rings. The number of amides is 1. The summed E-state index contributed by atoms with van der Waals surface area (Å²) in [5, 5.41) is 8.22. The van der Waals surface area contributed by atoms with Crippen LogP contribution < -0.4 is 5.32 Å². The van der Waals surface area contributed by atoms with E-state index < -0.39 is 0 Å². The molecule has 2 aromatic rings. The molecule has 0 aliphatic carbocycles. The third kappa shape index (κ3) is 2.24. The fourth-order valence-electron chi connectivity index (χ4n) is 1.64. The lowest BCUT2D eigenvalue weighted by molar-refractivity contribution is -0.119. The van der Waals surface area contributed by atoms with Gasteiger partial charge in [-0.05, 0) is 12.1 Å². The van der Waals surface area contributed by atoms with E-state index in [2.05, 4.69) is 26.3 Å². The Bertz CT molecular complexity index is 547. The van der Waals surface area contributed by atoms with Crippen molar-refractivity contribution in [1.82, 2.24) is 15.1 Å². The first-order valence-electron chi connectivity index (χ1n) is 4.92. The summed E-state index contributed by atoms with van der Waals surface area (Å²) in [4.78, 5) is 10.9. The Hall–Kier alpha value is -1.36. The van der Waals surface area contributed by atoms with Gasteiger partial charge in [0.15, 0.2) is 0 Å². The molecular weight excluding hydrogens is 270 g/mol. The van der Waals surface area contributed by atoms with E-state index in [1.807, 2.05) is 25.4 Å². The number of carbonyl (C=O) groups is 1. The van der Waals surface area contributed by atoms with Crippen molar-refractivity contribution in [3.05, 3.63) is 28.4 Å². The van der Waals surface area contributed by atoms with E-state index in [9.17, 15) is 4.79 Å². The van der Waals surface area contributed by atoms with Crippen LogP contribution in [0.25, 0.3) is 10.9 Å². The van der Waals surface area contributed by atoms with Crippen molar-refractivity contribution in [3.63, 3.8) is 0 Å². The second-order valence-electron chi connectivity index (χ2n) is 3.72. The van der Waals surface area contributed by atoms with Crippen LogP contribution in [0.4, 0.5) is 0 Å². The highest BCUT2D eigenvalue weighted by Gasteiger charge is 2.07. The maximum Gasteiger partial charge on any atom is 0.217 e. The molecule has 4 nitrogen and oxygen atoms in total. The van der Waals surface area contributed by atoms with Crippen LogP contribution in [0.15, 0.2) is 22.8 Å². The summed E-state index contributed by atoms with van der Waals surface area (Å²) in [5.74, 6) is -0.0379. The fraction of sp³-hybridized carbons (Fsp3) is 0.273. The van der Waals surface area contributed by atoms with Gasteiger partial charge >= 0.3 is 0 Å². The Morgan fingerprint density at radius 3 is 3.00 bits per heavy atom. The number of nitrogens with zero attached hydrogens (tertiary/aromatic N) is 2. The van der Waals surface area contributed by atoms with Gasteiger partial charge in [0.25, 0.3) is 0 Å².